The van der Waals surface area contributed by atoms with Gasteiger partial charge in [-0.1, -0.05) is 0 Å². The molecule has 4 N–H and O–H groups in total. The average molecular weight is 323 g/mol. The number of carbonyl (C=O) groups is 3. The molecule has 1 atom stereocenters. The lowest BCUT2D eigenvalue weighted by Crippen LogP contribution is -2.50. The van der Waals surface area contributed by atoms with E-state index in [1.165, 1.54) is 17.4 Å². The van der Waals surface area contributed by atoms with Gasteiger partial charge in [0.1, 0.15) is 6.04 Å². The summed E-state index contributed by atoms with van der Waals surface area (Å²) < 4.78 is 1.76. The fraction of sp³-hybridized carbons (Fsp3) is 0.571. The van der Waals surface area contributed by atoms with Crippen molar-refractivity contribution < 1.29 is 19.6 Å². The van der Waals surface area contributed by atoms with Gasteiger partial charge in [-0.05, 0) is 19.3 Å². The van der Waals surface area contributed by atoms with Crippen LogP contribution in [0, 0.1) is 0 Å². The topological polar surface area (TPSA) is 131 Å². The third-order valence-electron chi connectivity index (χ3n) is 4.22. The monoisotopic (exact) mass is 323 g/mol. The van der Waals surface area contributed by atoms with Crippen molar-refractivity contribution in [1.29, 1.82) is 0 Å². The van der Waals surface area contributed by atoms with Gasteiger partial charge in [-0.15, -0.1) is 0 Å². The van der Waals surface area contributed by atoms with Gasteiger partial charge in [0.25, 0.3) is 5.91 Å². The molecule has 0 bridgehead atoms. The number of aromatic nitrogens is 2. The Balaban J connectivity index is 2.18. The zero-order chi connectivity index (χ0) is 17.2. The zero-order valence-corrected chi connectivity index (χ0v) is 13.2. The minimum Gasteiger partial charge on any atom is -0.370 e. The highest BCUT2D eigenvalue weighted by atomic mass is 16.5. The number of aryl methyl sites for hydroxylation is 1. The van der Waals surface area contributed by atoms with Crippen molar-refractivity contribution in [3.8, 4) is 0 Å². The number of rotatable bonds is 7. The van der Waals surface area contributed by atoms with Crippen LogP contribution in [0.5, 0.6) is 0 Å². The number of primary amides is 1. The maximum Gasteiger partial charge on any atom is 0.266 e. The number of imidazole rings is 1. The molecule has 0 radical (unpaired) electrons. The first-order valence-electron chi connectivity index (χ1n) is 7.30. The van der Waals surface area contributed by atoms with Crippen molar-refractivity contribution >= 4 is 17.7 Å². The second-order valence-electron chi connectivity index (χ2n) is 5.92. The molecule has 1 unspecified atom stereocenters. The molecule has 0 aromatic carbocycles. The fourth-order valence-corrected chi connectivity index (χ4v) is 2.70. The number of hydrogen-bond acceptors (Lipinski definition) is 5. The number of carbonyl (C=O) groups excluding carboxylic acids is 3. The highest BCUT2D eigenvalue weighted by molar-refractivity contribution is 5.94. The standard InChI is InChI=1S/C14H21N5O4/c1-18-7-10(16-8-18)14(5-6-14)13(22)19(2)9(12(21)17-23)3-4-11(15)20/h7-9,23H,3-6H2,1-2H3,(H2,15,20)(H,17,21). The van der Waals surface area contributed by atoms with E-state index in [0.717, 1.165) is 0 Å². The predicted octanol–water partition coefficient (Wildman–Crippen LogP) is -0.950. The maximum absolute atomic E-state index is 12.8. The van der Waals surface area contributed by atoms with Crippen molar-refractivity contribution in [2.75, 3.05) is 7.05 Å². The van der Waals surface area contributed by atoms with Gasteiger partial charge in [-0.25, -0.2) is 10.5 Å². The lowest BCUT2D eigenvalue weighted by atomic mass is 9.99. The summed E-state index contributed by atoms with van der Waals surface area (Å²) >= 11 is 0. The largest absolute Gasteiger partial charge is 0.370 e. The number of nitrogens with two attached hydrogens (primary N) is 1. The zero-order valence-electron chi connectivity index (χ0n) is 13.2. The van der Waals surface area contributed by atoms with E-state index in [1.807, 2.05) is 7.05 Å². The molecular weight excluding hydrogens is 302 g/mol. The Morgan fingerprint density at radius 1 is 1.52 bits per heavy atom. The second-order valence-corrected chi connectivity index (χ2v) is 5.92. The van der Waals surface area contributed by atoms with Gasteiger partial charge in [0, 0.05) is 26.7 Å². The van der Waals surface area contributed by atoms with E-state index < -0.39 is 23.3 Å². The van der Waals surface area contributed by atoms with Crippen LogP contribution in [0.2, 0.25) is 0 Å². The third-order valence-corrected chi connectivity index (χ3v) is 4.22. The molecule has 23 heavy (non-hydrogen) atoms. The first-order chi connectivity index (χ1) is 10.8. The van der Waals surface area contributed by atoms with Gasteiger partial charge >= 0.3 is 0 Å². The maximum atomic E-state index is 12.8. The predicted molar refractivity (Wildman–Crippen MR) is 79.0 cm³/mol. The van der Waals surface area contributed by atoms with Gasteiger partial charge in [0.2, 0.25) is 11.8 Å². The van der Waals surface area contributed by atoms with Gasteiger partial charge in [-0.2, -0.15) is 0 Å². The molecule has 1 saturated carbocycles. The number of likely N-dealkylation sites (N-methyl/N-ethyl adjacent to an activating group) is 1. The molecular formula is C14H21N5O4. The fourth-order valence-electron chi connectivity index (χ4n) is 2.70. The molecule has 0 spiro atoms. The summed E-state index contributed by atoms with van der Waals surface area (Å²) in [5.41, 5.74) is 6.57. The van der Waals surface area contributed by atoms with E-state index in [0.29, 0.717) is 18.5 Å². The molecule has 3 amide bonds. The number of amides is 3. The van der Waals surface area contributed by atoms with E-state index in [9.17, 15) is 14.4 Å². The summed E-state index contributed by atoms with van der Waals surface area (Å²) in [6.07, 6.45) is 4.68. The molecule has 2 rings (SSSR count). The van der Waals surface area contributed by atoms with Crippen molar-refractivity contribution in [3.05, 3.63) is 18.2 Å². The Hall–Kier alpha value is -2.42. The number of hydrogen-bond donors (Lipinski definition) is 3. The van der Waals surface area contributed by atoms with Crippen LogP contribution in [0.25, 0.3) is 0 Å². The molecule has 1 aromatic rings. The van der Waals surface area contributed by atoms with Crippen LogP contribution in [0.4, 0.5) is 0 Å². The molecule has 1 heterocycles. The average Bonchev–Trinajstić information content (AvgIpc) is 3.21. The van der Waals surface area contributed by atoms with Crippen LogP contribution in [0.15, 0.2) is 12.5 Å². The van der Waals surface area contributed by atoms with Crippen LogP contribution >= 0.6 is 0 Å². The first-order valence-corrected chi connectivity index (χ1v) is 7.30. The van der Waals surface area contributed by atoms with Gasteiger partial charge in [-0.3, -0.25) is 19.6 Å². The lowest BCUT2D eigenvalue weighted by Gasteiger charge is -2.29. The first kappa shape index (κ1) is 16.9. The Bertz CT molecular complexity index is 622. The Labute approximate surface area is 133 Å². The van der Waals surface area contributed by atoms with E-state index >= 15 is 0 Å². The van der Waals surface area contributed by atoms with E-state index in [2.05, 4.69) is 4.98 Å². The minimum atomic E-state index is -0.971. The number of nitrogens with one attached hydrogen (secondary N) is 1. The van der Waals surface area contributed by atoms with Crippen LogP contribution in [0.3, 0.4) is 0 Å². The summed E-state index contributed by atoms with van der Waals surface area (Å²) in [7, 11) is 3.29. The highest BCUT2D eigenvalue weighted by Crippen LogP contribution is 2.49. The van der Waals surface area contributed by atoms with E-state index in [4.69, 9.17) is 10.9 Å². The molecule has 126 valence electrons. The normalized spacial score (nSPS) is 16.5. The summed E-state index contributed by atoms with van der Waals surface area (Å²) in [4.78, 5) is 41.1. The van der Waals surface area contributed by atoms with Crippen LogP contribution in [0.1, 0.15) is 31.4 Å². The van der Waals surface area contributed by atoms with Crippen molar-refractivity contribution in [2.24, 2.45) is 12.8 Å². The summed E-state index contributed by atoms with van der Waals surface area (Å²) in [5.74, 6) is -1.58. The molecule has 1 fully saturated rings. The van der Waals surface area contributed by atoms with Crippen LogP contribution < -0.4 is 11.2 Å². The summed E-state index contributed by atoms with van der Waals surface area (Å²) in [6, 6.07) is -0.971. The molecule has 0 aliphatic heterocycles. The molecule has 0 saturated heterocycles. The van der Waals surface area contributed by atoms with Crippen LogP contribution in [-0.4, -0.2) is 50.5 Å². The lowest BCUT2D eigenvalue weighted by molar-refractivity contribution is -0.145. The Morgan fingerprint density at radius 3 is 2.61 bits per heavy atom. The van der Waals surface area contributed by atoms with Crippen molar-refractivity contribution in [2.45, 2.75) is 37.1 Å². The SMILES string of the molecule is CN(C(=O)C1(c2cn(C)cn2)CC1)C(CCC(N)=O)C(=O)NO. The van der Waals surface area contributed by atoms with Gasteiger partial charge in [0.05, 0.1) is 17.4 Å². The van der Waals surface area contributed by atoms with Crippen molar-refractivity contribution in [1.82, 2.24) is 19.9 Å². The van der Waals surface area contributed by atoms with Crippen molar-refractivity contribution in [3.63, 3.8) is 0 Å². The molecule has 1 aromatic heterocycles. The van der Waals surface area contributed by atoms with Crippen LogP contribution in [-0.2, 0) is 26.8 Å². The van der Waals surface area contributed by atoms with Gasteiger partial charge < -0.3 is 15.2 Å². The smallest absolute Gasteiger partial charge is 0.266 e. The summed E-state index contributed by atoms with van der Waals surface area (Å²) in [6.45, 7) is 0. The summed E-state index contributed by atoms with van der Waals surface area (Å²) in [5, 5.41) is 8.87. The second kappa shape index (κ2) is 6.37. The highest BCUT2D eigenvalue weighted by Gasteiger charge is 2.55. The Kier molecular flexibility index (Phi) is 4.69. The third kappa shape index (κ3) is 3.34. The van der Waals surface area contributed by atoms with E-state index in [-0.39, 0.29) is 18.7 Å². The molecule has 9 nitrogen and oxygen atoms in total. The molecule has 1 aliphatic rings. The molecule has 9 heteroatoms. The molecule has 1 aliphatic carbocycles. The Morgan fingerprint density at radius 2 is 2.17 bits per heavy atom. The minimum absolute atomic E-state index is 0.0439. The quantitative estimate of drug-likeness (QED) is 0.440. The van der Waals surface area contributed by atoms with Gasteiger partial charge in [0.15, 0.2) is 0 Å². The number of hydroxylamine groups is 1. The number of nitrogens with zero attached hydrogens (tertiary/aromatic N) is 3. The van der Waals surface area contributed by atoms with E-state index in [1.54, 1.807) is 17.1 Å².